The molecule has 1 heterocycles. The zero-order chi connectivity index (χ0) is 12.0. The molecule has 0 spiro atoms. The summed E-state index contributed by atoms with van der Waals surface area (Å²) in [5.41, 5.74) is 0. The number of ether oxygens (including phenoxy) is 1. The lowest BCUT2D eigenvalue weighted by molar-refractivity contribution is 0.152. The third-order valence-electron chi connectivity index (χ3n) is 2.34. The highest BCUT2D eigenvalue weighted by Crippen LogP contribution is 2.10. The third-order valence-corrected chi connectivity index (χ3v) is 4.10. The van der Waals surface area contributed by atoms with Gasteiger partial charge in [-0.25, -0.2) is 13.2 Å². The molecular weight excluding hydrogens is 232 g/mol. The van der Waals surface area contributed by atoms with E-state index in [9.17, 15) is 13.2 Å². The van der Waals surface area contributed by atoms with Gasteiger partial charge in [0.15, 0.2) is 9.84 Å². The number of carbonyl (C=O) groups is 1. The second-order valence-corrected chi connectivity index (χ2v) is 5.93. The quantitative estimate of drug-likeness (QED) is 0.643. The average molecular weight is 250 g/mol. The van der Waals surface area contributed by atoms with Gasteiger partial charge in [-0.15, -0.1) is 0 Å². The second kappa shape index (κ2) is 6.05. The molecule has 1 aliphatic heterocycles. The Bertz CT molecular complexity index is 328. The Kier molecular flexibility index (Phi) is 5.01. The Hall–Kier alpha value is -0.820. The molecule has 0 aromatic heterocycles. The maximum absolute atomic E-state index is 11.1. The standard InChI is InChI=1S/C9H18N2O4S/c1-2-15-9(12)11-5-4-10-8-3-6-16(13,14)7-8/h8,10H,2-7H2,1H3,(H,11,12). The minimum atomic E-state index is -2.83. The highest BCUT2D eigenvalue weighted by atomic mass is 32.2. The van der Waals surface area contributed by atoms with Crippen LogP contribution in [0.25, 0.3) is 0 Å². The van der Waals surface area contributed by atoms with Crippen LogP contribution in [0.2, 0.25) is 0 Å². The molecule has 16 heavy (non-hydrogen) atoms. The lowest BCUT2D eigenvalue weighted by atomic mass is 10.3. The lowest BCUT2D eigenvalue weighted by Crippen LogP contribution is -2.37. The van der Waals surface area contributed by atoms with E-state index >= 15 is 0 Å². The molecule has 0 radical (unpaired) electrons. The van der Waals surface area contributed by atoms with Gasteiger partial charge in [-0.1, -0.05) is 0 Å². The van der Waals surface area contributed by atoms with E-state index in [1.807, 2.05) is 0 Å². The van der Waals surface area contributed by atoms with Crippen LogP contribution in [-0.4, -0.2) is 51.8 Å². The van der Waals surface area contributed by atoms with Gasteiger partial charge in [0.25, 0.3) is 0 Å². The van der Waals surface area contributed by atoms with E-state index < -0.39 is 15.9 Å². The van der Waals surface area contributed by atoms with Crippen molar-refractivity contribution in [3.8, 4) is 0 Å². The molecule has 1 aliphatic rings. The summed E-state index contributed by atoms with van der Waals surface area (Å²) in [6.45, 7) is 3.08. The van der Waals surface area contributed by atoms with Crippen LogP contribution in [0.15, 0.2) is 0 Å². The molecule has 7 heteroatoms. The van der Waals surface area contributed by atoms with Crippen LogP contribution in [0.5, 0.6) is 0 Å². The Morgan fingerprint density at radius 1 is 1.44 bits per heavy atom. The first-order valence-electron chi connectivity index (χ1n) is 5.38. The molecule has 0 aliphatic carbocycles. The Morgan fingerprint density at radius 3 is 2.75 bits per heavy atom. The van der Waals surface area contributed by atoms with Gasteiger partial charge in [0.2, 0.25) is 0 Å². The SMILES string of the molecule is CCOC(=O)NCCNC1CCS(=O)(=O)C1. The van der Waals surface area contributed by atoms with Crippen LogP contribution < -0.4 is 10.6 Å². The van der Waals surface area contributed by atoms with Crippen molar-refractivity contribution in [1.29, 1.82) is 0 Å². The normalized spacial score (nSPS) is 22.9. The van der Waals surface area contributed by atoms with Crippen LogP contribution in [0.3, 0.4) is 0 Å². The fourth-order valence-corrected chi connectivity index (χ4v) is 3.29. The minimum Gasteiger partial charge on any atom is -0.450 e. The summed E-state index contributed by atoms with van der Waals surface area (Å²) in [4.78, 5) is 10.9. The number of sulfone groups is 1. The van der Waals surface area contributed by atoms with E-state index in [4.69, 9.17) is 0 Å². The smallest absolute Gasteiger partial charge is 0.407 e. The van der Waals surface area contributed by atoms with Crippen LogP contribution in [0.1, 0.15) is 13.3 Å². The van der Waals surface area contributed by atoms with Gasteiger partial charge in [0, 0.05) is 19.1 Å². The molecule has 0 aromatic carbocycles. The first-order valence-corrected chi connectivity index (χ1v) is 7.20. The van der Waals surface area contributed by atoms with Crippen molar-refractivity contribution >= 4 is 15.9 Å². The van der Waals surface area contributed by atoms with E-state index in [-0.39, 0.29) is 17.5 Å². The summed E-state index contributed by atoms with van der Waals surface area (Å²) >= 11 is 0. The average Bonchev–Trinajstić information content (AvgIpc) is 2.54. The number of hydrogen-bond acceptors (Lipinski definition) is 5. The summed E-state index contributed by atoms with van der Waals surface area (Å²) in [5, 5.41) is 5.64. The maximum atomic E-state index is 11.1. The number of alkyl carbamates (subject to hydrolysis) is 1. The molecule has 1 saturated heterocycles. The van der Waals surface area contributed by atoms with Crippen molar-refractivity contribution in [3.63, 3.8) is 0 Å². The monoisotopic (exact) mass is 250 g/mol. The number of nitrogens with one attached hydrogen (secondary N) is 2. The number of carbonyl (C=O) groups excluding carboxylic acids is 1. The maximum Gasteiger partial charge on any atom is 0.407 e. The summed E-state index contributed by atoms with van der Waals surface area (Å²) < 4.78 is 26.9. The summed E-state index contributed by atoms with van der Waals surface area (Å²) in [5.74, 6) is 0.461. The molecule has 2 N–H and O–H groups in total. The van der Waals surface area contributed by atoms with Gasteiger partial charge in [-0.3, -0.25) is 0 Å². The molecule has 94 valence electrons. The highest BCUT2D eigenvalue weighted by Gasteiger charge is 2.26. The van der Waals surface area contributed by atoms with E-state index in [2.05, 4.69) is 15.4 Å². The first kappa shape index (κ1) is 13.2. The third kappa shape index (κ3) is 4.80. The first-order chi connectivity index (χ1) is 7.53. The highest BCUT2D eigenvalue weighted by molar-refractivity contribution is 7.91. The van der Waals surface area contributed by atoms with E-state index in [0.29, 0.717) is 26.1 Å². The molecule has 0 aromatic rings. The van der Waals surface area contributed by atoms with Gasteiger partial charge in [0.1, 0.15) is 0 Å². The van der Waals surface area contributed by atoms with Crippen molar-refractivity contribution in [3.05, 3.63) is 0 Å². The molecule has 6 nitrogen and oxygen atoms in total. The largest absolute Gasteiger partial charge is 0.450 e. The molecule has 1 rings (SSSR count). The zero-order valence-corrected chi connectivity index (χ0v) is 10.2. The van der Waals surface area contributed by atoms with Crippen LogP contribution >= 0.6 is 0 Å². The molecule has 1 atom stereocenters. The molecule has 1 unspecified atom stereocenters. The topological polar surface area (TPSA) is 84.5 Å². The molecule has 0 bridgehead atoms. The van der Waals surface area contributed by atoms with Crippen LogP contribution in [-0.2, 0) is 14.6 Å². The van der Waals surface area contributed by atoms with Crippen LogP contribution in [0.4, 0.5) is 4.79 Å². The number of rotatable bonds is 5. The molecule has 1 amide bonds. The van der Waals surface area contributed by atoms with Gasteiger partial charge in [-0.05, 0) is 13.3 Å². The molecular formula is C9H18N2O4S. The summed E-state index contributed by atoms with van der Waals surface area (Å²) in [7, 11) is -2.83. The predicted octanol–water partition coefficient (Wildman–Crippen LogP) is -0.491. The van der Waals surface area contributed by atoms with Crippen molar-refractivity contribution in [2.75, 3.05) is 31.2 Å². The molecule has 0 saturated carbocycles. The second-order valence-electron chi connectivity index (χ2n) is 3.70. The summed E-state index contributed by atoms with van der Waals surface area (Å²) in [6.07, 6.45) is 0.213. The number of hydrogen-bond donors (Lipinski definition) is 2. The summed E-state index contributed by atoms with van der Waals surface area (Å²) in [6, 6.07) is 0.0222. The fourth-order valence-electron chi connectivity index (χ4n) is 1.58. The van der Waals surface area contributed by atoms with Gasteiger partial charge < -0.3 is 15.4 Å². The van der Waals surface area contributed by atoms with E-state index in [1.165, 1.54) is 0 Å². The molecule has 1 fully saturated rings. The lowest BCUT2D eigenvalue weighted by Gasteiger charge is -2.10. The van der Waals surface area contributed by atoms with Gasteiger partial charge in [0.05, 0.1) is 18.1 Å². The van der Waals surface area contributed by atoms with Crippen molar-refractivity contribution < 1.29 is 17.9 Å². The number of amides is 1. The Morgan fingerprint density at radius 2 is 2.19 bits per heavy atom. The van der Waals surface area contributed by atoms with E-state index in [0.717, 1.165) is 0 Å². The predicted molar refractivity (Wildman–Crippen MR) is 60.1 cm³/mol. The van der Waals surface area contributed by atoms with Crippen molar-refractivity contribution in [1.82, 2.24) is 10.6 Å². The van der Waals surface area contributed by atoms with Crippen LogP contribution in [0, 0.1) is 0 Å². The Labute approximate surface area is 95.7 Å². The van der Waals surface area contributed by atoms with Crippen molar-refractivity contribution in [2.24, 2.45) is 0 Å². The van der Waals surface area contributed by atoms with Gasteiger partial charge >= 0.3 is 6.09 Å². The van der Waals surface area contributed by atoms with Crippen molar-refractivity contribution in [2.45, 2.75) is 19.4 Å². The van der Waals surface area contributed by atoms with E-state index in [1.54, 1.807) is 6.92 Å². The van der Waals surface area contributed by atoms with Gasteiger partial charge in [-0.2, -0.15) is 0 Å². The Balaban J connectivity index is 2.06. The fraction of sp³-hybridized carbons (Fsp3) is 0.889. The zero-order valence-electron chi connectivity index (χ0n) is 9.36. The minimum absolute atomic E-state index is 0.0222.